The van der Waals surface area contributed by atoms with Crippen LogP contribution in [0.15, 0.2) is 34.5 Å². The number of hydrogen-bond acceptors (Lipinski definition) is 7. The number of nitrogens with one attached hydrogen (secondary N) is 1. The molecule has 3 rings (SSSR count). The predicted octanol–water partition coefficient (Wildman–Crippen LogP) is 2.64. The van der Waals surface area contributed by atoms with Crippen molar-refractivity contribution >= 4 is 38.6 Å². The predicted molar refractivity (Wildman–Crippen MR) is 110 cm³/mol. The molecule has 1 unspecified atom stereocenters. The summed E-state index contributed by atoms with van der Waals surface area (Å²) in [4.78, 5) is 26.2. The van der Waals surface area contributed by atoms with Crippen LogP contribution < -0.4 is 10.5 Å². The zero-order valence-electron chi connectivity index (χ0n) is 15.8. The molecule has 156 valence electrons. The van der Waals surface area contributed by atoms with Gasteiger partial charge in [0.2, 0.25) is 15.9 Å². The summed E-state index contributed by atoms with van der Waals surface area (Å²) in [6.07, 6.45) is 1.83. The van der Waals surface area contributed by atoms with Crippen molar-refractivity contribution in [2.24, 2.45) is 5.14 Å². The Morgan fingerprint density at radius 1 is 1.41 bits per heavy atom. The number of nitro groups is 1. The van der Waals surface area contributed by atoms with E-state index in [-0.39, 0.29) is 35.5 Å². The molecule has 0 saturated carbocycles. The second kappa shape index (κ2) is 8.47. The summed E-state index contributed by atoms with van der Waals surface area (Å²) in [7, 11) is -4.04. The summed E-state index contributed by atoms with van der Waals surface area (Å²) in [5.74, 6) is -0.0231. The van der Waals surface area contributed by atoms with Gasteiger partial charge in [-0.3, -0.25) is 14.9 Å². The Hall–Kier alpha value is -2.50. The van der Waals surface area contributed by atoms with Crippen LogP contribution in [0, 0.1) is 10.1 Å². The number of hydrogen-bond donors (Lipinski definition) is 2. The number of carbonyl (C=O) groups is 1. The number of primary sulfonamides is 1. The van der Waals surface area contributed by atoms with Crippen LogP contribution in [0.2, 0.25) is 0 Å². The molecule has 1 aromatic carbocycles. The number of nitro benzene ring substituents is 1. The highest BCUT2D eigenvalue weighted by molar-refractivity contribution is 7.89. The zero-order valence-corrected chi connectivity index (χ0v) is 17.5. The molecule has 1 aromatic heterocycles. The van der Waals surface area contributed by atoms with Gasteiger partial charge in [0.15, 0.2) is 0 Å². The molecule has 29 heavy (non-hydrogen) atoms. The summed E-state index contributed by atoms with van der Waals surface area (Å²) in [6, 6.07) is 5.52. The van der Waals surface area contributed by atoms with E-state index in [0.717, 1.165) is 18.9 Å². The fourth-order valence-corrected chi connectivity index (χ4v) is 5.03. The average molecular weight is 439 g/mol. The van der Waals surface area contributed by atoms with E-state index in [9.17, 15) is 23.3 Å². The summed E-state index contributed by atoms with van der Waals surface area (Å²) in [5.41, 5.74) is 0.941. The van der Waals surface area contributed by atoms with Gasteiger partial charge in [-0.15, -0.1) is 11.3 Å². The number of carbonyl (C=O) groups excluding carboxylic acids is 1. The Morgan fingerprint density at radius 3 is 2.83 bits per heavy atom. The number of anilines is 1. The zero-order chi connectivity index (χ0) is 21.2. The van der Waals surface area contributed by atoms with Crippen molar-refractivity contribution in [1.82, 2.24) is 4.90 Å². The van der Waals surface area contributed by atoms with Crippen LogP contribution >= 0.6 is 11.3 Å². The van der Waals surface area contributed by atoms with Gasteiger partial charge in [0.25, 0.3) is 5.69 Å². The van der Waals surface area contributed by atoms with E-state index in [1.54, 1.807) is 11.3 Å². The van der Waals surface area contributed by atoms with Crippen LogP contribution in [-0.4, -0.2) is 37.2 Å². The van der Waals surface area contributed by atoms with Gasteiger partial charge in [-0.1, -0.05) is 6.92 Å². The summed E-state index contributed by atoms with van der Waals surface area (Å²) >= 11 is 1.71. The minimum Gasteiger partial charge on any atom is -0.379 e. The van der Waals surface area contributed by atoms with Crippen LogP contribution in [0.5, 0.6) is 0 Å². The summed E-state index contributed by atoms with van der Waals surface area (Å²) < 4.78 is 22.8. The summed E-state index contributed by atoms with van der Waals surface area (Å²) in [6.45, 7) is 2.90. The van der Waals surface area contributed by atoms with Crippen molar-refractivity contribution in [2.45, 2.75) is 37.1 Å². The second-order valence-electron chi connectivity index (χ2n) is 6.72. The highest BCUT2D eigenvalue weighted by Crippen LogP contribution is 2.35. The van der Waals surface area contributed by atoms with Gasteiger partial charge in [0.05, 0.1) is 15.9 Å². The Bertz CT molecular complexity index is 1030. The lowest BCUT2D eigenvalue weighted by Gasteiger charge is -2.35. The van der Waals surface area contributed by atoms with E-state index in [0.29, 0.717) is 6.54 Å². The minimum atomic E-state index is -4.04. The minimum absolute atomic E-state index is 0.0231. The van der Waals surface area contributed by atoms with Crippen molar-refractivity contribution in [3.63, 3.8) is 0 Å². The maximum atomic E-state index is 12.8. The highest BCUT2D eigenvalue weighted by atomic mass is 32.2. The molecule has 0 bridgehead atoms. The number of fused-ring (bicyclic) bond motifs is 1. The Kier molecular flexibility index (Phi) is 6.20. The molecule has 3 N–H and O–H groups in total. The van der Waals surface area contributed by atoms with Gasteiger partial charge < -0.3 is 10.2 Å². The number of nitrogens with zero attached hydrogens (tertiary/aromatic N) is 2. The fourth-order valence-electron chi connectivity index (χ4n) is 3.57. The molecule has 2 aromatic rings. The van der Waals surface area contributed by atoms with E-state index >= 15 is 0 Å². The van der Waals surface area contributed by atoms with Crippen molar-refractivity contribution in [3.8, 4) is 0 Å². The monoisotopic (exact) mass is 438 g/mol. The Labute approximate surface area is 172 Å². The molecule has 11 heteroatoms. The van der Waals surface area contributed by atoms with E-state index in [1.807, 2.05) is 17.2 Å². The molecule has 2 heterocycles. The third kappa shape index (κ3) is 4.57. The fraction of sp³-hybridized carbons (Fsp3) is 0.389. The van der Waals surface area contributed by atoms with E-state index in [4.69, 9.17) is 5.14 Å². The van der Waals surface area contributed by atoms with Crippen LogP contribution in [-0.2, 0) is 21.2 Å². The molecule has 1 amide bonds. The SMILES string of the molecule is CCC1c2ccsc2CCN1C(=O)CCNc1ccc(S(N)(=O)=O)cc1[N+](=O)[O-]. The summed E-state index contributed by atoms with van der Waals surface area (Å²) in [5, 5.41) is 21.2. The van der Waals surface area contributed by atoms with Crippen LogP contribution in [0.3, 0.4) is 0 Å². The van der Waals surface area contributed by atoms with Crippen molar-refractivity contribution in [3.05, 3.63) is 50.2 Å². The Balaban J connectivity index is 1.67. The van der Waals surface area contributed by atoms with Gasteiger partial charge >= 0.3 is 0 Å². The molecular formula is C18H22N4O5S2. The van der Waals surface area contributed by atoms with Gasteiger partial charge in [0.1, 0.15) is 5.69 Å². The molecule has 0 saturated heterocycles. The first-order chi connectivity index (χ1) is 13.7. The van der Waals surface area contributed by atoms with E-state index in [1.165, 1.54) is 22.6 Å². The van der Waals surface area contributed by atoms with Crippen LogP contribution in [0.25, 0.3) is 0 Å². The van der Waals surface area contributed by atoms with Gasteiger partial charge in [-0.2, -0.15) is 0 Å². The van der Waals surface area contributed by atoms with Gasteiger partial charge in [-0.05, 0) is 42.0 Å². The maximum Gasteiger partial charge on any atom is 0.293 e. The second-order valence-corrected chi connectivity index (χ2v) is 9.28. The first-order valence-corrected chi connectivity index (χ1v) is 11.6. The van der Waals surface area contributed by atoms with E-state index in [2.05, 4.69) is 11.4 Å². The highest BCUT2D eigenvalue weighted by Gasteiger charge is 2.30. The van der Waals surface area contributed by atoms with Crippen molar-refractivity contribution < 1.29 is 18.1 Å². The maximum absolute atomic E-state index is 12.8. The molecule has 9 nitrogen and oxygen atoms in total. The third-order valence-corrected chi connectivity index (χ3v) is 6.86. The number of amides is 1. The largest absolute Gasteiger partial charge is 0.379 e. The molecule has 1 atom stereocenters. The van der Waals surface area contributed by atoms with Crippen LogP contribution in [0.4, 0.5) is 11.4 Å². The third-order valence-electron chi connectivity index (χ3n) is 4.95. The average Bonchev–Trinajstić information content (AvgIpc) is 3.15. The molecule has 0 radical (unpaired) electrons. The molecule has 0 spiro atoms. The number of rotatable bonds is 7. The topological polar surface area (TPSA) is 136 Å². The van der Waals surface area contributed by atoms with E-state index < -0.39 is 20.6 Å². The normalized spacial score (nSPS) is 16.3. The Morgan fingerprint density at radius 2 is 2.17 bits per heavy atom. The van der Waals surface area contributed by atoms with Crippen molar-refractivity contribution in [1.29, 1.82) is 0 Å². The quantitative estimate of drug-likeness (QED) is 0.504. The molecule has 0 fully saturated rings. The van der Waals surface area contributed by atoms with Crippen molar-refractivity contribution in [2.75, 3.05) is 18.4 Å². The lowest BCUT2D eigenvalue weighted by atomic mass is 9.97. The molecule has 1 aliphatic rings. The van der Waals surface area contributed by atoms with Gasteiger partial charge in [0, 0.05) is 30.5 Å². The lowest BCUT2D eigenvalue weighted by Crippen LogP contribution is -2.39. The number of thiophene rings is 1. The first kappa shape index (κ1) is 21.2. The smallest absolute Gasteiger partial charge is 0.293 e. The number of benzene rings is 1. The number of nitrogens with two attached hydrogens (primary N) is 1. The molecular weight excluding hydrogens is 416 g/mol. The standard InChI is InChI=1S/C18H22N4O5S2/c1-2-15-13-7-10-28-17(13)6-9-21(15)18(23)5-8-20-14-4-3-12(29(19,26)27)11-16(14)22(24)25/h3-4,7,10-11,15,20H,2,5-6,8-9H2,1H3,(H2,19,26,27). The number of sulfonamides is 1. The first-order valence-electron chi connectivity index (χ1n) is 9.13. The van der Waals surface area contributed by atoms with Gasteiger partial charge in [-0.25, -0.2) is 13.6 Å². The molecule has 1 aliphatic heterocycles. The molecule has 0 aliphatic carbocycles. The lowest BCUT2D eigenvalue weighted by molar-refractivity contribution is -0.384. The van der Waals surface area contributed by atoms with Crippen LogP contribution in [0.1, 0.15) is 36.2 Å².